The second kappa shape index (κ2) is 8.17. The van der Waals surface area contributed by atoms with Gasteiger partial charge in [0.2, 0.25) is 11.7 Å². The minimum atomic E-state index is -3.98. The van der Waals surface area contributed by atoms with Crippen LogP contribution in [0.5, 0.6) is 17.5 Å². The van der Waals surface area contributed by atoms with Crippen molar-refractivity contribution in [2.75, 3.05) is 25.5 Å². The molecule has 2 aromatic heterocycles. The largest absolute Gasteiger partial charge is 0.478 e. The van der Waals surface area contributed by atoms with Crippen LogP contribution in [0.3, 0.4) is 0 Å². The molecule has 1 aliphatic carbocycles. The molecule has 2 aromatic rings. The van der Waals surface area contributed by atoms with Gasteiger partial charge in [-0.3, -0.25) is 0 Å². The van der Waals surface area contributed by atoms with Gasteiger partial charge in [0.1, 0.15) is 11.5 Å². The van der Waals surface area contributed by atoms with Crippen LogP contribution in [0, 0.1) is 0 Å². The topological polar surface area (TPSA) is 115 Å². The van der Waals surface area contributed by atoms with Crippen LogP contribution in [0.2, 0.25) is 0 Å². The molecule has 1 saturated carbocycles. The molecule has 0 spiro atoms. The highest BCUT2D eigenvalue weighted by Gasteiger charge is 2.26. The lowest BCUT2D eigenvalue weighted by Gasteiger charge is -2.23. The Hall–Kier alpha value is -2.63. The summed E-state index contributed by atoms with van der Waals surface area (Å²) in [5, 5.41) is 0. The van der Waals surface area contributed by atoms with E-state index in [1.54, 1.807) is 6.07 Å². The van der Waals surface area contributed by atoms with Crippen LogP contribution in [0.1, 0.15) is 33.7 Å². The Morgan fingerprint density at radius 1 is 1.29 bits per heavy atom. The van der Waals surface area contributed by atoms with Gasteiger partial charge in [0.25, 0.3) is 28.2 Å². The molecule has 0 amide bonds. The first-order valence-electron chi connectivity index (χ1n) is 8.46. The van der Waals surface area contributed by atoms with E-state index in [-0.39, 0.29) is 31.2 Å². The molecule has 2 N–H and O–H groups in total. The summed E-state index contributed by atoms with van der Waals surface area (Å²) in [6.07, 6.45) is 1.82. The van der Waals surface area contributed by atoms with Gasteiger partial charge in [-0.15, -0.1) is 0 Å². The van der Waals surface area contributed by atoms with E-state index >= 15 is 0 Å². The van der Waals surface area contributed by atoms with Crippen molar-refractivity contribution in [2.24, 2.45) is 0 Å². The van der Waals surface area contributed by atoms with Crippen LogP contribution >= 0.6 is 0 Å². The first-order chi connectivity index (χ1) is 13.3. The maximum absolute atomic E-state index is 12.6. The van der Waals surface area contributed by atoms with Crippen LogP contribution in [-0.2, 0) is 10.0 Å². The zero-order valence-corrected chi connectivity index (χ0v) is 16.1. The van der Waals surface area contributed by atoms with Gasteiger partial charge in [-0.05, 0) is 24.8 Å². The Balaban J connectivity index is 0.00000225. The quantitative estimate of drug-likeness (QED) is 0.638. The van der Waals surface area contributed by atoms with Crippen molar-refractivity contribution in [1.29, 1.82) is 0 Å². The number of sulfonamides is 1. The smallest absolute Gasteiger partial charge is 0.272 e. The number of halogens is 2. The van der Waals surface area contributed by atoms with Crippen LogP contribution < -0.4 is 18.9 Å². The third-order valence-corrected chi connectivity index (χ3v) is 5.61. The monoisotopic (exact) mass is 422 g/mol. The normalized spacial score (nSPS) is 14.6. The Kier molecular flexibility index (Phi) is 5.87. The molecule has 0 saturated heterocycles. The Labute approximate surface area is 163 Å². The number of hydrogen-bond donors (Lipinski definition) is 2. The van der Waals surface area contributed by atoms with E-state index in [0.717, 1.165) is 25.0 Å². The molecule has 0 aliphatic heterocycles. The highest BCUT2D eigenvalue weighted by atomic mass is 32.2. The lowest BCUT2D eigenvalue weighted by atomic mass is 9.83. The molecule has 0 unspecified atom stereocenters. The molecular formula is C16H24F2N4O5S. The number of nitrogens with zero attached hydrogens (tertiary/aromatic N) is 2. The molecule has 9 nitrogen and oxygen atoms in total. The third kappa shape index (κ3) is 4.26. The van der Waals surface area contributed by atoms with Gasteiger partial charge < -0.3 is 19.2 Å². The SMILES string of the molecule is COc1nc(NS(=O)(=O)c2c[nH]c(C3CCC3)c2)nc(OC)c1OCC(F)F.[HH].[HH]. The van der Waals surface area contributed by atoms with Gasteiger partial charge in [-0.2, -0.15) is 9.97 Å². The average molecular weight is 422 g/mol. The summed E-state index contributed by atoms with van der Waals surface area (Å²) in [7, 11) is -1.52. The lowest BCUT2D eigenvalue weighted by Crippen LogP contribution is -2.16. The van der Waals surface area contributed by atoms with E-state index in [2.05, 4.69) is 19.7 Å². The second-order valence-electron chi connectivity index (χ2n) is 6.12. The molecule has 1 aliphatic rings. The van der Waals surface area contributed by atoms with Crippen LogP contribution in [0.4, 0.5) is 14.7 Å². The highest BCUT2D eigenvalue weighted by Crippen LogP contribution is 2.37. The van der Waals surface area contributed by atoms with Crippen molar-refractivity contribution in [3.8, 4) is 17.5 Å². The fourth-order valence-electron chi connectivity index (χ4n) is 2.68. The summed E-state index contributed by atoms with van der Waals surface area (Å²) in [6.45, 7) is -0.922. The molecule has 0 atom stereocenters. The van der Waals surface area contributed by atoms with Crippen molar-refractivity contribution in [2.45, 2.75) is 36.5 Å². The Morgan fingerprint density at radius 2 is 1.93 bits per heavy atom. The molecule has 158 valence electrons. The van der Waals surface area contributed by atoms with Crippen LogP contribution in [-0.4, -0.2) is 50.6 Å². The van der Waals surface area contributed by atoms with E-state index in [4.69, 9.17) is 14.2 Å². The first kappa shape index (κ1) is 20.1. The summed E-state index contributed by atoms with van der Waals surface area (Å²) in [5.41, 5.74) is 0.860. The minimum absolute atomic E-state index is 0. The molecule has 1 fully saturated rings. The number of methoxy groups -OCH3 is 2. The number of ether oxygens (including phenoxy) is 3. The molecule has 0 radical (unpaired) electrons. The maximum Gasteiger partial charge on any atom is 0.272 e. The number of aromatic nitrogens is 3. The standard InChI is InChI=1S/C16H20F2N4O5S.2H2/c1-25-14-13(27-8-12(17)18)15(26-2)21-16(20-14)22-28(23,24)10-6-11(19-7-10)9-4-3-5-9;;/h6-7,9,12,19H,3-5,8H2,1-2H3,(H,20,21,22);2*1H. The number of H-pyrrole nitrogens is 1. The van der Waals surface area contributed by atoms with Crippen molar-refractivity contribution < 1.29 is 34.3 Å². The fourth-order valence-corrected chi connectivity index (χ4v) is 3.63. The lowest BCUT2D eigenvalue weighted by molar-refractivity contribution is 0.0781. The van der Waals surface area contributed by atoms with E-state index < -0.39 is 23.1 Å². The van der Waals surface area contributed by atoms with Crippen LogP contribution in [0.25, 0.3) is 0 Å². The summed E-state index contributed by atoms with van der Waals surface area (Å²) in [5.74, 6) is -0.734. The van der Waals surface area contributed by atoms with Crippen molar-refractivity contribution in [3.63, 3.8) is 0 Å². The minimum Gasteiger partial charge on any atom is -0.478 e. The van der Waals surface area contributed by atoms with E-state index in [1.165, 1.54) is 20.4 Å². The van der Waals surface area contributed by atoms with Gasteiger partial charge in [-0.1, -0.05) is 6.42 Å². The second-order valence-corrected chi connectivity index (χ2v) is 7.80. The van der Waals surface area contributed by atoms with E-state index in [9.17, 15) is 17.2 Å². The van der Waals surface area contributed by atoms with Crippen molar-refractivity contribution in [1.82, 2.24) is 15.0 Å². The summed E-state index contributed by atoms with van der Waals surface area (Å²) in [6, 6.07) is 1.57. The number of rotatable bonds is 9. The molecule has 12 heteroatoms. The summed E-state index contributed by atoms with van der Waals surface area (Å²) < 4.78 is 67.2. The predicted octanol–water partition coefficient (Wildman–Crippen LogP) is 3.03. The average Bonchev–Trinajstić information content (AvgIpc) is 3.08. The van der Waals surface area contributed by atoms with Gasteiger partial charge >= 0.3 is 0 Å². The van der Waals surface area contributed by atoms with Crippen molar-refractivity contribution in [3.05, 3.63) is 18.0 Å². The molecule has 2 heterocycles. The zero-order valence-electron chi connectivity index (χ0n) is 15.2. The number of anilines is 1. The van der Waals surface area contributed by atoms with Gasteiger partial charge in [0.05, 0.1) is 14.2 Å². The molecule has 28 heavy (non-hydrogen) atoms. The van der Waals surface area contributed by atoms with Gasteiger partial charge in [0, 0.05) is 14.7 Å². The molecule has 0 aromatic carbocycles. The van der Waals surface area contributed by atoms with Gasteiger partial charge in [0.15, 0.2) is 0 Å². The number of alkyl halides is 2. The highest BCUT2D eigenvalue weighted by molar-refractivity contribution is 7.92. The summed E-state index contributed by atoms with van der Waals surface area (Å²) in [4.78, 5) is 10.8. The molecule has 0 bridgehead atoms. The van der Waals surface area contributed by atoms with Crippen LogP contribution in [0.15, 0.2) is 17.2 Å². The zero-order chi connectivity index (χ0) is 20.3. The van der Waals surface area contributed by atoms with Gasteiger partial charge in [-0.25, -0.2) is 21.9 Å². The van der Waals surface area contributed by atoms with Crippen molar-refractivity contribution >= 4 is 16.0 Å². The number of aromatic amines is 1. The third-order valence-electron chi connectivity index (χ3n) is 4.30. The Bertz CT molecular complexity index is 916. The number of hydrogen-bond acceptors (Lipinski definition) is 7. The molecule has 3 rings (SSSR count). The fraction of sp³-hybridized carbons (Fsp3) is 0.500. The Morgan fingerprint density at radius 3 is 2.43 bits per heavy atom. The first-order valence-corrected chi connectivity index (χ1v) is 9.94. The predicted molar refractivity (Wildman–Crippen MR) is 99.1 cm³/mol. The molecular weight excluding hydrogens is 398 g/mol. The van der Waals surface area contributed by atoms with E-state index in [1.807, 2.05) is 0 Å². The van der Waals surface area contributed by atoms with E-state index in [0.29, 0.717) is 5.92 Å². The summed E-state index contributed by atoms with van der Waals surface area (Å²) >= 11 is 0. The number of nitrogens with one attached hydrogen (secondary N) is 2. The maximum atomic E-state index is 12.6.